The van der Waals surface area contributed by atoms with E-state index in [9.17, 15) is 9.59 Å². The van der Waals surface area contributed by atoms with Crippen LogP contribution in [0.1, 0.15) is 17.5 Å². The van der Waals surface area contributed by atoms with Gasteiger partial charge in [0.25, 0.3) is 0 Å². The van der Waals surface area contributed by atoms with Gasteiger partial charge in [-0.05, 0) is 31.0 Å². The zero-order valence-electron chi connectivity index (χ0n) is 15.9. The molecule has 3 rings (SSSR count). The third-order valence-corrected chi connectivity index (χ3v) is 4.86. The smallest absolute Gasteiger partial charge is 0.238 e. The molecule has 0 radical (unpaired) electrons. The summed E-state index contributed by atoms with van der Waals surface area (Å²) < 4.78 is 0. The van der Waals surface area contributed by atoms with Crippen molar-refractivity contribution in [1.82, 2.24) is 9.80 Å². The lowest BCUT2D eigenvalue weighted by Gasteiger charge is -2.34. The number of carbonyl (C=O) groups excluding carboxylic acids is 2. The highest BCUT2D eigenvalue weighted by atomic mass is 16.2. The molecule has 0 aromatic heterocycles. The number of nitrogens with zero attached hydrogens (tertiary/aromatic N) is 2. The van der Waals surface area contributed by atoms with Gasteiger partial charge in [0.1, 0.15) is 0 Å². The minimum absolute atomic E-state index is 0.0135. The Morgan fingerprint density at radius 1 is 0.963 bits per heavy atom. The second kappa shape index (κ2) is 9.33. The molecule has 1 heterocycles. The largest absolute Gasteiger partial charge is 0.340 e. The van der Waals surface area contributed by atoms with Crippen molar-refractivity contribution in [2.24, 2.45) is 0 Å². The van der Waals surface area contributed by atoms with E-state index in [0.29, 0.717) is 26.1 Å². The summed E-state index contributed by atoms with van der Waals surface area (Å²) in [6.45, 7) is 5.27. The van der Waals surface area contributed by atoms with Crippen LogP contribution in [0, 0.1) is 6.92 Å². The number of piperazine rings is 1. The zero-order chi connectivity index (χ0) is 19.1. The quantitative estimate of drug-likeness (QED) is 0.856. The molecule has 27 heavy (non-hydrogen) atoms. The number of amides is 2. The number of anilines is 1. The van der Waals surface area contributed by atoms with E-state index in [-0.39, 0.29) is 11.8 Å². The van der Waals surface area contributed by atoms with Gasteiger partial charge in [0.2, 0.25) is 11.8 Å². The molecule has 1 saturated heterocycles. The molecule has 142 valence electrons. The minimum Gasteiger partial charge on any atom is -0.340 e. The van der Waals surface area contributed by atoms with Gasteiger partial charge < -0.3 is 10.2 Å². The first-order valence-corrected chi connectivity index (χ1v) is 9.51. The molecule has 5 nitrogen and oxygen atoms in total. The van der Waals surface area contributed by atoms with Crippen molar-refractivity contribution < 1.29 is 9.59 Å². The monoisotopic (exact) mass is 365 g/mol. The molecular weight excluding hydrogens is 338 g/mol. The average molecular weight is 365 g/mol. The highest BCUT2D eigenvalue weighted by molar-refractivity contribution is 5.92. The van der Waals surface area contributed by atoms with Gasteiger partial charge in [0.15, 0.2) is 0 Å². The highest BCUT2D eigenvalue weighted by Crippen LogP contribution is 2.10. The lowest BCUT2D eigenvalue weighted by molar-refractivity contribution is -0.133. The normalized spacial score (nSPS) is 14.8. The van der Waals surface area contributed by atoms with Gasteiger partial charge >= 0.3 is 0 Å². The van der Waals surface area contributed by atoms with E-state index in [4.69, 9.17) is 0 Å². The van der Waals surface area contributed by atoms with Crippen molar-refractivity contribution in [1.29, 1.82) is 0 Å². The van der Waals surface area contributed by atoms with Crippen molar-refractivity contribution in [2.75, 3.05) is 38.0 Å². The molecule has 1 aliphatic rings. The van der Waals surface area contributed by atoms with Crippen LogP contribution in [0.2, 0.25) is 0 Å². The minimum atomic E-state index is -0.0135. The number of aryl methyl sites for hydroxylation is 2. The molecule has 0 saturated carbocycles. The van der Waals surface area contributed by atoms with Crippen molar-refractivity contribution in [2.45, 2.75) is 19.8 Å². The molecule has 0 aliphatic carbocycles. The lowest BCUT2D eigenvalue weighted by Crippen LogP contribution is -2.50. The summed E-state index contributed by atoms with van der Waals surface area (Å²) in [5, 5.41) is 2.91. The SMILES string of the molecule is Cc1cccc(CCC(=O)N2CCN(CC(=O)Nc3ccccc3)CC2)c1. The molecule has 5 heteroatoms. The summed E-state index contributed by atoms with van der Waals surface area (Å²) in [5.74, 6) is 0.185. The second-order valence-electron chi connectivity index (χ2n) is 7.06. The van der Waals surface area contributed by atoms with Crippen LogP contribution < -0.4 is 5.32 Å². The Kier molecular flexibility index (Phi) is 6.60. The Labute approximate surface area is 161 Å². The maximum atomic E-state index is 12.5. The molecule has 0 unspecified atom stereocenters. The maximum absolute atomic E-state index is 12.5. The predicted octanol–water partition coefficient (Wildman–Crippen LogP) is 2.71. The fourth-order valence-electron chi connectivity index (χ4n) is 3.36. The van der Waals surface area contributed by atoms with Gasteiger partial charge in [-0.1, -0.05) is 48.0 Å². The first-order chi connectivity index (χ1) is 13.1. The third-order valence-electron chi connectivity index (χ3n) is 4.86. The van der Waals surface area contributed by atoms with Crippen LogP contribution in [0.5, 0.6) is 0 Å². The van der Waals surface area contributed by atoms with Gasteiger partial charge in [-0.3, -0.25) is 14.5 Å². The van der Waals surface area contributed by atoms with E-state index in [1.165, 1.54) is 11.1 Å². The molecule has 2 amide bonds. The molecular formula is C22H27N3O2. The number of benzene rings is 2. The third kappa shape index (κ3) is 5.93. The van der Waals surface area contributed by atoms with Crippen LogP contribution in [0.25, 0.3) is 0 Å². The van der Waals surface area contributed by atoms with E-state index in [0.717, 1.165) is 25.2 Å². The summed E-state index contributed by atoms with van der Waals surface area (Å²) in [4.78, 5) is 28.6. The van der Waals surface area contributed by atoms with E-state index in [1.54, 1.807) is 0 Å². The molecule has 1 fully saturated rings. The van der Waals surface area contributed by atoms with Crippen molar-refractivity contribution in [3.63, 3.8) is 0 Å². The summed E-state index contributed by atoms with van der Waals surface area (Å²) in [5.41, 5.74) is 3.24. The summed E-state index contributed by atoms with van der Waals surface area (Å²) in [6.07, 6.45) is 1.32. The van der Waals surface area contributed by atoms with Gasteiger partial charge in [0, 0.05) is 38.3 Å². The number of para-hydroxylation sites is 1. The second-order valence-corrected chi connectivity index (χ2v) is 7.06. The Hall–Kier alpha value is -2.66. The molecule has 2 aromatic carbocycles. The van der Waals surface area contributed by atoms with E-state index < -0.39 is 0 Å². The Morgan fingerprint density at radius 2 is 1.70 bits per heavy atom. The van der Waals surface area contributed by atoms with Crippen LogP contribution >= 0.6 is 0 Å². The number of rotatable bonds is 6. The van der Waals surface area contributed by atoms with Gasteiger partial charge in [-0.2, -0.15) is 0 Å². The van der Waals surface area contributed by atoms with E-state index in [2.05, 4.69) is 35.3 Å². The highest BCUT2D eigenvalue weighted by Gasteiger charge is 2.22. The van der Waals surface area contributed by atoms with Crippen molar-refractivity contribution in [3.05, 3.63) is 65.7 Å². The van der Waals surface area contributed by atoms with Gasteiger partial charge in [0.05, 0.1) is 6.54 Å². The lowest BCUT2D eigenvalue weighted by atomic mass is 10.1. The van der Waals surface area contributed by atoms with Crippen LogP contribution in [0.15, 0.2) is 54.6 Å². The number of carbonyl (C=O) groups is 2. The molecule has 0 atom stereocenters. The standard InChI is InChI=1S/C22H27N3O2/c1-18-6-5-7-19(16-18)10-11-22(27)25-14-12-24(13-15-25)17-21(26)23-20-8-3-2-4-9-20/h2-9,16H,10-15,17H2,1H3,(H,23,26). The van der Waals surface area contributed by atoms with Gasteiger partial charge in [-0.25, -0.2) is 0 Å². The number of hydrogen-bond donors (Lipinski definition) is 1. The first-order valence-electron chi connectivity index (χ1n) is 9.51. The van der Waals surface area contributed by atoms with Gasteiger partial charge in [-0.15, -0.1) is 0 Å². The van der Waals surface area contributed by atoms with Crippen LogP contribution in [-0.4, -0.2) is 54.3 Å². The van der Waals surface area contributed by atoms with E-state index in [1.807, 2.05) is 41.3 Å². The summed E-state index contributed by atoms with van der Waals surface area (Å²) in [7, 11) is 0. The summed E-state index contributed by atoms with van der Waals surface area (Å²) in [6, 6.07) is 17.8. The summed E-state index contributed by atoms with van der Waals surface area (Å²) >= 11 is 0. The predicted molar refractivity (Wildman–Crippen MR) is 108 cm³/mol. The topological polar surface area (TPSA) is 52.7 Å². The molecule has 2 aromatic rings. The van der Waals surface area contributed by atoms with Crippen molar-refractivity contribution in [3.8, 4) is 0 Å². The van der Waals surface area contributed by atoms with E-state index >= 15 is 0 Å². The average Bonchev–Trinajstić information content (AvgIpc) is 2.67. The Balaban J connectivity index is 1.39. The van der Waals surface area contributed by atoms with Crippen LogP contribution in [0.4, 0.5) is 5.69 Å². The van der Waals surface area contributed by atoms with Crippen LogP contribution in [-0.2, 0) is 16.0 Å². The molecule has 0 bridgehead atoms. The Bertz CT molecular complexity index is 768. The molecule has 1 N–H and O–H groups in total. The Morgan fingerprint density at radius 3 is 2.41 bits per heavy atom. The van der Waals surface area contributed by atoms with Crippen LogP contribution in [0.3, 0.4) is 0 Å². The number of hydrogen-bond acceptors (Lipinski definition) is 3. The fourth-order valence-corrected chi connectivity index (χ4v) is 3.36. The number of nitrogens with one attached hydrogen (secondary N) is 1. The fraction of sp³-hybridized carbons (Fsp3) is 0.364. The molecule has 1 aliphatic heterocycles. The first kappa shape index (κ1) is 19.1. The van der Waals surface area contributed by atoms with Crippen molar-refractivity contribution >= 4 is 17.5 Å². The molecule has 0 spiro atoms. The zero-order valence-corrected chi connectivity index (χ0v) is 15.9. The maximum Gasteiger partial charge on any atom is 0.238 e.